The number of hydrogen-bond acceptors (Lipinski definition) is 2. The zero-order valence-corrected chi connectivity index (χ0v) is 12.5. The molecule has 1 aromatic carbocycles. The first-order valence-corrected chi connectivity index (χ1v) is 6.91. The van der Waals surface area contributed by atoms with E-state index in [1.54, 1.807) is 0 Å². The first kappa shape index (κ1) is 15.0. The Balaban J connectivity index is 2.59. The van der Waals surface area contributed by atoms with Gasteiger partial charge in [0.1, 0.15) is 5.82 Å². The quantitative estimate of drug-likeness (QED) is 0.809. The maximum Gasteiger partial charge on any atom is 0.234 e. The van der Waals surface area contributed by atoms with E-state index in [0.29, 0.717) is 22.6 Å². The summed E-state index contributed by atoms with van der Waals surface area (Å²) in [6.45, 7) is 5.76. The van der Waals surface area contributed by atoms with Gasteiger partial charge < -0.3 is 0 Å². The molecule has 1 fully saturated rings. The van der Waals surface area contributed by atoms with Gasteiger partial charge in [-0.15, -0.1) is 0 Å². The third-order valence-corrected chi connectivity index (χ3v) is 3.79. The first-order valence-electron chi connectivity index (χ1n) is 6.54. The number of rotatable bonds is 1. The van der Waals surface area contributed by atoms with Crippen LogP contribution < -0.4 is 5.32 Å². The fraction of sp³-hybridized carbons (Fsp3) is 0.467. The number of carbonyl (C=O) groups excluding carboxylic acids is 2. The molecule has 1 aromatic rings. The molecule has 1 heterocycles. The molecule has 0 radical (unpaired) electrons. The first-order chi connectivity index (χ1) is 9.21. The Morgan fingerprint density at radius 1 is 1.30 bits per heavy atom. The number of imide groups is 1. The molecular weight excluding hydrogens is 281 g/mol. The van der Waals surface area contributed by atoms with Crippen LogP contribution in [-0.4, -0.2) is 11.8 Å². The van der Waals surface area contributed by atoms with E-state index in [2.05, 4.69) is 5.32 Å². The van der Waals surface area contributed by atoms with Crippen LogP contribution in [0.3, 0.4) is 0 Å². The van der Waals surface area contributed by atoms with Gasteiger partial charge in [-0.25, -0.2) is 4.39 Å². The molecule has 0 bridgehead atoms. The Morgan fingerprint density at radius 2 is 1.95 bits per heavy atom. The summed E-state index contributed by atoms with van der Waals surface area (Å²) in [5.74, 6) is -1.88. The Morgan fingerprint density at radius 3 is 2.50 bits per heavy atom. The standard InChI is InChI=1S/C15H17ClFNO2/c1-15(2,3)13-9(16)5-6-10(17)12(13)8-4-7-11(19)18-14(8)20/h5-6,8H,4,7H2,1-3H3,(H,18,19,20). The summed E-state index contributed by atoms with van der Waals surface area (Å²) < 4.78 is 14.3. The van der Waals surface area contributed by atoms with Crippen LogP contribution in [0.25, 0.3) is 0 Å². The third kappa shape index (κ3) is 2.70. The summed E-state index contributed by atoms with van der Waals surface area (Å²) in [5, 5.41) is 2.71. The number of amides is 2. The van der Waals surface area contributed by atoms with Crippen LogP contribution in [0.5, 0.6) is 0 Å². The van der Waals surface area contributed by atoms with Crippen LogP contribution in [0, 0.1) is 5.82 Å². The van der Waals surface area contributed by atoms with Gasteiger partial charge in [0.2, 0.25) is 11.8 Å². The molecule has 1 saturated heterocycles. The molecule has 0 saturated carbocycles. The van der Waals surface area contributed by atoms with Gasteiger partial charge in [0, 0.05) is 17.0 Å². The second kappa shape index (κ2) is 5.17. The van der Waals surface area contributed by atoms with Crippen molar-refractivity contribution in [2.45, 2.75) is 44.9 Å². The summed E-state index contributed by atoms with van der Waals surface area (Å²) >= 11 is 6.22. The number of nitrogens with one attached hydrogen (secondary N) is 1. The highest BCUT2D eigenvalue weighted by Crippen LogP contribution is 2.39. The summed E-state index contributed by atoms with van der Waals surface area (Å²) in [6, 6.07) is 2.78. The Hall–Kier alpha value is -1.42. The van der Waals surface area contributed by atoms with Crippen molar-refractivity contribution >= 4 is 23.4 Å². The molecule has 1 aliphatic rings. The maximum atomic E-state index is 14.3. The molecule has 0 aromatic heterocycles. The van der Waals surface area contributed by atoms with E-state index in [1.807, 2.05) is 20.8 Å². The van der Waals surface area contributed by atoms with Crippen molar-refractivity contribution in [2.24, 2.45) is 0 Å². The molecule has 1 aliphatic heterocycles. The van der Waals surface area contributed by atoms with Gasteiger partial charge in [0.25, 0.3) is 0 Å². The number of hydrogen-bond donors (Lipinski definition) is 1. The molecule has 0 aliphatic carbocycles. The van der Waals surface area contributed by atoms with Crippen molar-refractivity contribution in [1.82, 2.24) is 5.32 Å². The molecule has 108 valence electrons. The lowest BCUT2D eigenvalue weighted by Gasteiger charge is -2.30. The van der Waals surface area contributed by atoms with E-state index in [9.17, 15) is 14.0 Å². The number of piperidine rings is 1. The lowest BCUT2D eigenvalue weighted by molar-refractivity contribution is -0.134. The van der Waals surface area contributed by atoms with Crippen LogP contribution in [0.1, 0.15) is 50.7 Å². The van der Waals surface area contributed by atoms with E-state index in [1.165, 1.54) is 12.1 Å². The van der Waals surface area contributed by atoms with E-state index >= 15 is 0 Å². The van der Waals surface area contributed by atoms with Crippen molar-refractivity contribution in [1.29, 1.82) is 0 Å². The second-order valence-electron chi connectivity index (χ2n) is 6.07. The average Bonchev–Trinajstić information content (AvgIpc) is 2.31. The van der Waals surface area contributed by atoms with Crippen molar-refractivity contribution in [2.75, 3.05) is 0 Å². The Labute approximate surface area is 122 Å². The molecule has 2 amide bonds. The molecule has 1 unspecified atom stereocenters. The topological polar surface area (TPSA) is 46.2 Å². The molecule has 3 nitrogen and oxygen atoms in total. The van der Waals surface area contributed by atoms with Crippen molar-refractivity contribution in [3.8, 4) is 0 Å². The summed E-state index contributed by atoms with van der Waals surface area (Å²) in [7, 11) is 0. The molecule has 2 rings (SSSR count). The molecule has 0 spiro atoms. The Kier molecular flexibility index (Phi) is 3.87. The van der Waals surface area contributed by atoms with Gasteiger partial charge in [0.05, 0.1) is 5.92 Å². The van der Waals surface area contributed by atoms with E-state index in [-0.39, 0.29) is 12.3 Å². The predicted molar refractivity (Wildman–Crippen MR) is 75.2 cm³/mol. The normalized spacial score (nSPS) is 19.9. The third-order valence-electron chi connectivity index (χ3n) is 3.48. The van der Waals surface area contributed by atoms with Crippen LogP contribution in [0.4, 0.5) is 4.39 Å². The lowest BCUT2D eigenvalue weighted by Crippen LogP contribution is -2.40. The van der Waals surface area contributed by atoms with Gasteiger partial charge in [-0.3, -0.25) is 14.9 Å². The van der Waals surface area contributed by atoms with Gasteiger partial charge in [-0.2, -0.15) is 0 Å². The van der Waals surface area contributed by atoms with Crippen LogP contribution in [0.2, 0.25) is 5.02 Å². The van der Waals surface area contributed by atoms with Gasteiger partial charge in [-0.05, 0) is 29.5 Å². The summed E-state index contributed by atoms with van der Waals surface area (Å²) in [4.78, 5) is 23.2. The fourth-order valence-electron chi connectivity index (χ4n) is 2.64. The smallest absolute Gasteiger partial charge is 0.234 e. The van der Waals surface area contributed by atoms with Crippen molar-refractivity contribution in [3.05, 3.63) is 34.1 Å². The molecule has 20 heavy (non-hydrogen) atoms. The van der Waals surface area contributed by atoms with Gasteiger partial charge >= 0.3 is 0 Å². The molecule has 1 N–H and O–H groups in total. The van der Waals surface area contributed by atoms with E-state index in [0.717, 1.165) is 0 Å². The van der Waals surface area contributed by atoms with Crippen molar-refractivity contribution < 1.29 is 14.0 Å². The predicted octanol–water partition coefficient (Wildman–Crippen LogP) is 3.30. The highest BCUT2D eigenvalue weighted by molar-refractivity contribution is 6.31. The number of benzene rings is 1. The van der Waals surface area contributed by atoms with Crippen LogP contribution >= 0.6 is 11.6 Å². The minimum Gasteiger partial charge on any atom is -0.296 e. The summed E-state index contributed by atoms with van der Waals surface area (Å²) in [5.41, 5.74) is 0.555. The van der Waals surface area contributed by atoms with Crippen LogP contribution in [-0.2, 0) is 15.0 Å². The lowest BCUT2D eigenvalue weighted by atomic mass is 9.77. The second-order valence-corrected chi connectivity index (χ2v) is 6.48. The number of halogens is 2. The fourth-order valence-corrected chi connectivity index (χ4v) is 3.09. The van der Waals surface area contributed by atoms with Crippen LogP contribution in [0.15, 0.2) is 12.1 Å². The molecule has 1 atom stereocenters. The largest absolute Gasteiger partial charge is 0.296 e. The van der Waals surface area contributed by atoms with Crippen molar-refractivity contribution in [3.63, 3.8) is 0 Å². The minimum absolute atomic E-state index is 0.214. The number of carbonyl (C=O) groups is 2. The average molecular weight is 298 g/mol. The van der Waals surface area contributed by atoms with Gasteiger partial charge in [0.15, 0.2) is 0 Å². The van der Waals surface area contributed by atoms with E-state index in [4.69, 9.17) is 11.6 Å². The Bertz CT molecular complexity index is 578. The SMILES string of the molecule is CC(C)(C)c1c(Cl)ccc(F)c1C1CCC(=O)NC1=O. The zero-order valence-electron chi connectivity index (χ0n) is 11.7. The van der Waals surface area contributed by atoms with Gasteiger partial charge in [-0.1, -0.05) is 32.4 Å². The highest BCUT2D eigenvalue weighted by Gasteiger charge is 2.35. The highest BCUT2D eigenvalue weighted by atomic mass is 35.5. The minimum atomic E-state index is -0.666. The maximum absolute atomic E-state index is 14.3. The summed E-state index contributed by atoms with van der Waals surface area (Å²) in [6.07, 6.45) is 0.525. The zero-order chi connectivity index (χ0) is 15.1. The van der Waals surface area contributed by atoms with E-state index < -0.39 is 23.1 Å². The molecule has 5 heteroatoms. The monoisotopic (exact) mass is 297 g/mol. The molecular formula is C15H17ClFNO2.